The van der Waals surface area contributed by atoms with Gasteiger partial charge in [-0.05, 0) is 42.3 Å². The van der Waals surface area contributed by atoms with Crippen LogP contribution < -0.4 is 16.8 Å². The van der Waals surface area contributed by atoms with Gasteiger partial charge in [0.05, 0.1) is 12.6 Å². The van der Waals surface area contributed by atoms with Gasteiger partial charge in [0.1, 0.15) is 0 Å². The Kier molecular flexibility index (Phi) is 8.47. The molecule has 0 heterocycles. The van der Waals surface area contributed by atoms with Crippen molar-refractivity contribution in [3.63, 3.8) is 0 Å². The smallest absolute Gasteiger partial charge is 0.248 e. The largest absolute Gasteiger partial charge is 0.370 e. The first kappa shape index (κ1) is 21.5. The average Bonchev–Trinajstić information content (AvgIpc) is 2.53. The van der Waals surface area contributed by atoms with Gasteiger partial charge >= 0.3 is 0 Å². The molecular weight excluding hydrogens is 474 g/mol. The molecular formula is C17H19Cl2IN4O. The van der Waals surface area contributed by atoms with Gasteiger partial charge in [0.2, 0.25) is 5.91 Å². The lowest BCUT2D eigenvalue weighted by atomic mass is 10.1. The average molecular weight is 493 g/mol. The molecule has 0 bridgehead atoms. The highest BCUT2D eigenvalue weighted by Gasteiger charge is 2.10. The van der Waals surface area contributed by atoms with Crippen molar-refractivity contribution in [3.8, 4) is 0 Å². The highest BCUT2D eigenvalue weighted by Crippen LogP contribution is 2.25. The topological polar surface area (TPSA) is 93.5 Å². The van der Waals surface area contributed by atoms with Crippen molar-refractivity contribution in [1.29, 1.82) is 0 Å². The molecule has 2 aromatic carbocycles. The predicted molar refractivity (Wildman–Crippen MR) is 114 cm³/mol. The van der Waals surface area contributed by atoms with Crippen LogP contribution in [0.25, 0.3) is 0 Å². The van der Waals surface area contributed by atoms with Crippen molar-refractivity contribution in [2.45, 2.75) is 19.5 Å². The molecule has 8 heteroatoms. The number of nitrogens with zero attached hydrogens (tertiary/aromatic N) is 1. The third-order valence-electron chi connectivity index (χ3n) is 3.44. The minimum Gasteiger partial charge on any atom is -0.370 e. The predicted octanol–water partition coefficient (Wildman–Crippen LogP) is 3.88. The number of nitrogens with one attached hydrogen (secondary N) is 1. The van der Waals surface area contributed by atoms with Gasteiger partial charge < -0.3 is 16.8 Å². The molecule has 1 amide bonds. The molecule has 25 heavy (non-hydrogen) atoms. The fourth-order valence-corrected chi connectivity index (χ4v) is 2.77. The Labute approximate surface area is 173 Å². The number of nitrogens with two attached hydrogens (primary N) is 2. The molecule has 1 atom stereocenters. The molecule has 0 spiro atoms. The van der Waals surface area contributed by atoms with Gasteiger partial charge in [0.25, 0.3) is 0 Å². The molecule has 0 radical (unpaired) electrons. The van der Waals surface area contributed by atoms with E-state index in [-0.39, 0.29) is 36.0 Å². The second kappa shape index (κ2) is 9.84. The summed E-state index contributed by atoms with van der Waals surface area (Å²) in [6, 6.07) is 12.1. The van der Waals surface area contributed by atoms with Crippen LogP contribution in [-0.4, -0.2) is 11.9 Å². The van der Waals surface area contributed by atoms with Gasteiger partial charge in [-0.3, -0.25) is 4.79 Å². The lowest BCUT2D eigenvalue weighted by molar-refractivity contribution is 0.1000. The summed E-state index contributed by atoms with van der Waals surface area (Å²) in [5, 5.41) is 4.21. The number of hydrogen-bond acceptors (Lipinski definition) is 2. The molecule has 1 unspecified atom stereocenters. The summed E-state index contributed by atoms with van der Waals surface area (Å²) >= 11 is 12.1. The molecule has 5 nitrogen and oxygen atoms in total. The van der Waals surface area contributed by atoms with E-state index in [1.54, 1.807) is 30.3 Å². The summed E-state index contributed by atoms with van der Waals surface area (Å²) in [7, 11) is 0. The molecule has 0 fully saturated rings. The molecule has 2 rings (SSSR count). The second-order valence-electron chi connectivity index (χ2n) is 5.30. The van der Waals surface area contributed by atoms with Gasteiger partial charge in [0.15, 0.2) is 5.96 Å². The van der Waals surface area contributed by atoms with E-state index in [4.69, 9.17) is 34.7 Å². The zero-order valence-corrected chi connectivity index (χ0v) is 17.3. The van der Waals surface area contributed by atoms with Gasteiger partial charge in [-0.1, -0.05) is 41.4 Å². The standard InChI is InChI=1S/C17H18Cl2N4O.HI/c1-10(14-6-5-13(18)8-15(14)19)23-17(21)22-9-11-3-2-4-12(7-11)16(20)24;/h2-8,10H,9H2,1H3,(H2,20,24)(H3,21,22,23);1H. The van der Waals surface area contributed by atoms with Crippen LogP contribution in [0.1, 0.15) is 34.5 Å². The fraction of sp³-hybridized carbons (Fsp3) is 0.176. The summed E-state index contributed by atoms with van der Waals surface area (Å²) in [5.74, 6) is -0.198. The van der Waals surface area contributed by atoms with Gasteiger partial charge in [-0.15, -0.1) is 24.0 Å². The summed E-state index contributed by atoms with van der Waals surface area (Å²) in [4.78, 5) is 15.4. The Hall–Kier alpha value is -1.51. The van der Waals surface area contributed by atoms with Crippen LogP contribution in [0, 0.1) is 0 Å². The zero-order valence-electron chi connectivity index (χ0n) is 13.5. The maximum Gasteiger partial charge on any atom is 0.248 e. The number of amides is 1. The van der Waals surface area contributed by atoms with Crippen molar-refractivity contribution >= 4 is 59.0 Å². The van der Waals surface area contributed by atoms with Crippen molar-refractivity contribution in [1.82, 2.24) is 5.32 Å². The van der Waals surface area contributed by atoms with E-state index in [2.05, 4.69) is 10.3 Å². The molecule has 134 valence electrons. The van der Waals surface area contributed by atoms with Crippen molar-refractivity contribution in [2.75, 3.05) is 0 Å². The van der Waals surface area contributed by atoms with Crippen molar-refractivity contribution in [2.24, 2.45) is 16.5 Å². The van der Waals surface area contributed by atoms with Crippen LogP contribution in [0.3, 0.4) is 0 Å². The number of hydrogen-bond donors (Lipinski definition) is 3. The third-order valence-corrected chi connectivity index (χ3v) is 4.00. The van der Waals surface area contributed by atoms with E-state index in [0.29, 0.717) is 22.2 Å². The summed E-state index contributed by atoms with van der Waals surface area (Å²) in [6.45, 7) is 2.26. The Morgan fingerprint density at radius 2 is 1.92 bits per heavy atom. The molecule has 0 saturated heterocycles. The normalized spacial score (nSPS) is 12.2. The van der Waals surface area contributed by atoms with Gasteiger partial charge in [-0.25, -0.2) is 4.99 Å². The highest BCUT2D eigenvalue weighted by molar-refractivity contribution is 14.0. The van der Waals surface area contributed by atoms with Crippen molar-refractivity contribution in [3.05, 3.63) is 69.2 Å². The van der Waals surface area contributed by atoms with E-state index < -0.39 is 5.91 Å². The second-order valence-corrected chi connectivity index (χ2v) is 6.14. The number of aliphatic imine (C=N–C) groups is 1. The molecule has 0 aliphatic rings. The number of halogens is 3. The van der Waals surface area contributed by atoms with E-state index in [1.165, 1.54) is 0 Å². The molecule has 5 N–H and O–H groups in total. The van der Waals surface area contributed by atoms with Crippen molar-refractivity contribution < 1.29 is 4.79 Å². The minimum absolute atomic E-state index is 0. The number of guanidine groups is 1. The number of carbonyl (C=O) groups is 1. The quantitative estimate of drug-likeness (QED) is 0.336. The first-order valence-corrected chi connectivity index (χ1v) is 8.02. The van der Waals surface area contributed by atoms with E-state index >= 15 is 0 Å². The minimum atomic E-state index is -0.474. The van der Waals surface area contributed by atoms with Gasteiger partial charge in [-0.2, -0.15) is 0 Å². The fourth-order valence-electron chi connectivity index (χ4n) is 2.20. The summed E-state index contributed by atoms with van der Waals surface area (Å²) in [5.41, 5.74) is 13.3. The Morgan fingerprint density at radius 1 is 1.20 bits per heavy atom. The lowest BCUT2D eigenvalue weighted by Gasteiger charge is -2.16. The van der Waals surface area contributed by atoms with Crippen LogP contribution in [0.5, 0.6) is 0 Å². The summed E-state index contributed by atoms with van der Waals surface area (Å²) in [6.07, 6.45) is 0. The van der Waals surface area contributed by atoms with E-state index in [1.807, 2.05) is 19.1 Å². The maximum atomic E-state index is 11.2. The number of primary amides is 1. The van der Waals surface area contributed by atoms with Crippen LogP contribution in [0.15, 0.2) is 47.5 Å². The number of benzene rings is 2. The lowest BCUT2D eigenvalue weighted by Crippen LogP contribution is -2.34. The SMILES string of the molecule is CC(NC(N)=NCc1cccc(C(N)=O)c1)c1ccc(Cl)cc1Cl.I. The maximum absolute atomic E-state index is 11.2. The van der Waals surface area contributed by atoms with Crippen LogP contribution in [0.4, 0.5) is 0 Å². The Morgan fingerprint density at radius 3 is 2.56 bits per heavy atom. The Balaban J connectivity index is 0.00000312. The first-order valence-electron chi connectivity index (χ1n) is 7.27. The highest BCUT2D eigenvalue weighted by atomic mass is 127. The monoisotopic (exact) mass is 492 g/mol. The number of rotatable bonds is 5. The van der Waals surface area contributed by atoms with Gasteiger partial charge in [0, 0.05) is 15.6 Å². The Bertz CT molecular complexity index is 783. The summed E-state index contributed by atoms with van der Waals surface area (Å²) < 4.78 is 0. The zero-order chi connectivity index (χ0) is 17.7. The molecule has 0 aliphatic carbocycles. The molecule has 2 aromatic rings. The van der Waals surface area contributed by atoms with Crippen LogP contribution in [0.2, 0.25) is 10.0 Å². The molecule has 0 aromatic heterocycles. The van der Waals surface area contributed by atoms with E-state index in [9.17, 15) is 4.79 Å². The third kappa shape index (κ3) is 6.37. The molecule has 0 saturated carbocycles. The van der Waals surface area contributed by atoms with Crippen LogP contribution >= 0.6 is 47.2 Å². The first-order chi connectivity index (χ1) is 11.4. The van der Waals surface area contributed by atoms with E-state index in [0.717, 1.165) is 11.1 Å². The number of carbonyl (C=O) groups excluding carboxylic acids is 1. The van der Waals surface area contributed by atoms with Crippen LogP contribution in [-0.2, 0) is 6.54 Å². The molecule has 0 aliphatic heterocycles.